The van der Waals surface area contributed by atoms with Crippen molar-refractivity contribution in [2.24, 2.45) is 17.3 Å². The summed E-state index contributed by atoms with van der Waals surface area (Å²) in [5.74, 6) is 1.57. The molecule has 0 aliphatic heterocycles. The molecule has 0 saturated heterocycles. The van der Waals surface area contributed by atoms with Gasteiger partial charge in [0.05, 0.1) is 0 Å². The molecule has 14 heavy (non-hydrogen) atoms. The molecular weight excluding hydrogens is 170 g/mol. The largest absolute Gasteiger partial charge is 0.306 e. The van der Waals surface area contributed by atoms with Crippen molar-refractivity contribution < 1.29 is 0 Å². The summed E-state index contributed by atoms with van der Waals surface area (Å²) in [7, 11) is 4.37. The molecule has 0 spiro atoms. The van der Waals surface area contributed by atoms with Crippen LogP contribution in [0.4, 0.5) is 0 Å². The Bertz CT molecular complexity index is 153. The van der Waals surface area contributed by atoms with Crippen molar-refractivity contribution in [1.82, 2.24) is 4.90 Å². The van der Waals surface area contributed by atoms with Crippen LogP contribution in [0.2, 0.25) is 0 Å². The van der Waals surface area contributed by atoms with E-state index in [-0.39, 0.29) is 0 Å². The molecule has 0 aliphatic rings. The molecule has 0 bridgehead atoms. The van der Waals surface area contributed by atoms with Crippen molar-refractivity contribution in [2.45, 2.75) is 54.0 Å². The summed E-state index contributed by atoms with van der Waals surface area (Å²) in [4.78, 5) is 2.35. The van der Waals surface area contributed by atoms with Crippen LogP contribution >= 0.6 is 0 Å². The molecule has 0 heterocycles. The van der Waals surface area contributed by atoms with Crippen molar-refractivity contribution >= 4 is 0 Å². The Hall–Kier alpha value is -0.0400. The highest BCUT2D eigenvalue weighted by molar-refractivity contribution is 4.83. The standard InChI is InChI=1S/C13H29N/c1-10(2)9-12(13(4,5)6)11(3)14(7)8/h10-12H,9H2,1-8H3. The molecular formula is C13H29N. The van der Waals surface area contributed by atoms with Crippen molar-refractivity contribution in [3.63, 3.8) is 0 Å². The Morgan fingerprint density at radius 1 is 1.00 bits per heavy atom. The fourth-order valence-corrected chi connectivity index (χ4v) is 2.14. The highest BCUT2D eigenvalue weighted by atomic mass is 15.1. The molecule has 0 rings (SSSR count). The quantitative estimate of drug-likeness (QED) is 0.668. The molecule has 86 valence electrons. The second kappa shape index (κ2) is 5.16. The lowest BCUT2D eigenvalue weighted by molar-refractivity contribution is 0.102. The first-order chi connectivity index (χ1) is 6.16. The van der Waals surface area contributed by atoms with Gasteiger partial charge in [0.25, 0.3) is 0 Å². The third-order valence-electron chi connectivity index (χ3n) is 3.23. The first-order valence-electron chi connectivity index (χ1n) is 5.82. The van der Waals surface area contributed by atoms with Gasteiger partial charge in [-0.25, -0.2) is 0 Å². The highest BCUT2D eigenvalue weighted by Crippen LogP contribution is 2.35. The van der Waals surface area contributed by atoms with Crippen LogP contribution in [0.1, 0.15) is 48.0 Å². The maximum absolute atomic E-state index is 2.36. The Kier molecular flexibility index (Phi) is 5.14. The second-order valence-corrected chi connectivity index (χ2v) is 6.31. The van der Waals surface area contributed by atoms with E-state index in [9.17, 15) is 0 Å². The number of hydrogen-bond donors (Lipinski definition) is 0. The predicted octanol–water partition coefficient (Wildman–Crippen LogP) is 3.64. The molecule has 0 saturated carbocycles. The molecule has 2 unspecified atom stereocenters. The predicted molar refractivity (Wildman–Crippen MR) is 65.5 cm³/mol. The van der Waals surface area contributed by atoms with Crippen LogP contribution in [0, 0.1) is 17.3 Å². The first-order valence-corrected chi connectivity index (χ1v) is 5.82. The molecule has 0 radical (unpaired) electrons. The summed E-state index contributed by atoms with van der Waals surface area (Å²) >= 11 is 0. The summed E-state index contributed by atoms with van der Waals surface area (Å²) in [6, 6.07) is 0.664. The van der Waals surface area contributed by atoms with E-state index in [1.54, 1.807) is 0 Å². The number of rotatable bonds is 4. The Labute approximate surface area is 90.9 Å². The summed E-state index contributed by atoms with van der Waals surface area (Å²) in [6.45, 7) is 14.1. The minimum absolute atomic E-state index is 0.411. The summed E-state index contributed by atoms with van der Waals surface area (Å²) in [6.07, 6.45) is 1.32. The van der Waals surface area contributed by atoms with Gasteiger partial charge in [0.1, 0.15) is 0 Å². The summed E-state index contributed by atoms with van der Waals surface area (Å²) in [5.41, 5.74) is 0.411. The highest BCUT2D eigenvalue weighted by Gasteiger charge is 2.30. The van der Waals surface area contributed by atoms with Crippen LogP contribution in [0.25, 0.3) is 0 Å². The minimum Gasteiger partial charge on any atom is -0.306 e. The van der Waals surface area contributed by atoms with E-state index in [4.69, 9.17) is 0 Å². The zero-order chi connectivity index (χ0) is 11.5. The van der Waals surface area contributed by atoms with Gasteiger partial charge in [-0.1, -0.05) is 34.6 Å². The normalized spacial score (nSPS) is 17.6. The van der Waals surface area contributed by atoms with Crippen LogP contribution in [-0.2, 0) is 0 Å². The van der Waals surface area contributed by atoms with E-state index < -0.39 is 0 Å². The lowest BCUT2D eigenvalue weighted by atomic mass is 9.72. The topological polar surface area (TPSA) is 3.24 Å². The molecule has 0 aliphatic carbocycles. The van der Waals surface area contributed by atoms with E-state index in [0.717, 1.165) is 11.8 Å². The Morgan fingerprint density at radius 2 is 1.43 bits per heavy atom. The van der Waals surface area contributed by atoms with Crippen molar-refractivity contribution in [1.29, 1.82) is 0 Å². The molecule has 0 fully saturated rings. The van der Waals surface area contributed by atoms with Gasteiger partial charge in [0.2, 0.25) is 0 Å². The molecule has 1 heteroatoms. The second-order valence-electron chi connectivity index (χ2n) is 6.31. The van der Waals surface area contributed by atoms with Crippen LogP contribution in [0.15, 0.2) is 0 Å². The molecule has 1 nitrogen and oxygen atoms in total. The van der Waals surface area contributed by atoms with E-state index in [0.29, 0.717) is 11.5 Å². The summed E-state index contributed by atoms with van der Waals surface area (Å²) < 4.78 is 0. The van der Waals surface area contributed by atoms with Crippen molar-refractivity contribution in [3.8, 4) is 0 Å². The van der Waals surface area contributed by atoms with Crippen molar-refractivity contribution in [3.05, 3.63) is 0 Å². The minimum atomic E-state index is 0.411. The molecule has 0 aromatic carbocycles. The molecule has 0 N–H and O–H groups in total. The number of nitrogens with zero attached hydrogens (tertiary/aromatic N) is 1. The van der Waals surface area contributed by atoms with E-state index >= 15 is 0 Å². The number of hydrogen-bond acceptors (Lipinski definition) is 1. The van der Waals surface area contributed by atoms with Crippen LogP contribution < -0.4 is 0 Å². The van der Waals surface area contributed by atoms with Crippen LogP contribution in [0.5, 0.6) is 0 Å². The zero-order valence-electron chi connectivity index (χ0n) is 11.4. The van der Waals surface area contributed by atoms with Gasteiger partial charge in [-0.15, -0.1) is 0 Å². The van der Waals surface area contributed by atoms with Gasteiger partial charge in [0, 0.05) is 6.04 Å². The Balaban J connectivity index is 4.56. The van der Waals surface area contributed by atoms with E-state index in [2.05, 4.69) is 60.5 Å². The van der Waals surface area contributed by atoms with Gasteiger partial charge in [-0.3, -0.25) is 0 Å². The van der Waals surface area contributed by atoms with Crippen LogP contribution in [0.3, 0.4) is 0 Å². The van der Waals surface area contributed by atoms with Gasteiger partial charge < -0.3 is 4.90 Å². The van der Waals surface area contributed by atoms with Gasteiger partial charge in [0.15, 0.2) is 0 Å². The van der Waals surface area contributed by atoms with E-state index in [1.807, 2.05) is 0 Å². The fourth-order valence-electron chi connectivity index (χ4n) is 2.14. The maximum Gasteiger partial charge on any atom is 0.00941 e. The van der Waals surface area contributed by atoms with Crippen molar-refractivity contribution in [2.75, 3.05) is 14.1 Å². The summed E-state index contributed by atoms with van der Waals surface area (Å²) in [5, 5.41) is 0. The smallest absolute Gasteiger partial charge is 0.00941 e. The lowest BCUT2D eigenvalue weighted by Crippen LogP contribution is -2.40. The first kappa shape index (κ1) is 14.0. The average molecular weight is 199 g/mol. The van der Waals surface area contributed by atoms with Gasteiger partial charge >= 0.3 is 0 Å². The molecule has 2 atom stereocenters. The fraction of sp³-hybridized carbons (Fsp3) is 1.00. The van der Waals surface area contributed by atoms with Crippen LogP contribution in [-0.4, -0.2) is 25.0 Å². The molecule has 0 amide bonds. The maximum atomic E-state index is 2.36. The lowest BCUT2D eigenvalue weighted by Gasteiger charge is -2.39. The monoisotopic (exact) mass is 199 g/mol. The Morgan fingerprint density at radius 3 is 1.64 bits per heavy atom. The molecule has 0 aromatic rings. The SMILES string of the molecule is CC(C)CC(C(C)N(C)C)C(C)(C)C. The third-order valence-corrected chi connectivity index (χ3v) is 3.23. The third kappa shape index (κ3) is 4.45. The molecule has 0 aromatic heterocycles. The van der Waals surface area contributed by atoms with E-state index in [1.165, 1.54) is 6.42 Å². The van der Waals surface area contributed by atoms with Gasteiger partial charge in [-0.2, -0.15) is 0 Å². The zero-order valence-corrected chi connectivity index (χ0v) is 11.4. The average Bonchev–Trinajstić information content (AvgIpc) is 1.96. The van der Waals surface area contributed by atoms with Gasteiger partial charge in [-0.05, 0) is 44.7 Å².